The van der Waals surface area contributed by atoms with E-state index < -0.39 is 29.9 Å². The van der Waals surface area contributed by atoms with Gasteiger partial charge < -0.3 is 19.9 Å². The molecule has 1 fully saturated rings. The molecule has 0 radical (unpaired) electrons. The fourth-order valence-electron chi connectivity index (χ4n) is 3.02. The van der Waals surface area contributed by atoms with Crippen LogP contribution in [0.25, 0.3) is 10.9 Å². The van der Waals surface area contributed by atoms with Gasteiger partial charge in [0.15, 0.2) is 0 Å². The number of alkyl carbamates (subject to hydrolysis) is 1. The molecule has 0 unspecified atom stereocenters. The van der Waals surface area contributed by atoms with Gasteiger partial charge in [0.05, 0.1) is 6.61 Å². The summed E-state index contributed by atoms with van der Waals surface area (Å²) in [5.41, 5.74) is 1.65. The number of carbonyl (C=O) groups excluding carboxylic acids is 4. The SMILES string of the molecule is CCCCOC(=O)N[C@@H](Cc1c[nH]c2ccccc12)C(=O)ON1C(=O)CCC1=O. The second-order valence-corrected chi connectivity index (χ2v) is 6.74. The summed E-state index contributed by atoms with van der Waals surface area (Å²) < 4.78 is 5.07. The molecule has 1 aliphatic rings. The van der Waals surface area contributed by atoms with Gasteiger partial charge in [-0.15, -0.1) is 5.06 Å². The minimum absolute atomic E-state index is 0.00822. The summed E-state index contributed by atoms with van der Waals surface area (Å²) in [6.45, 7) is 2.18. The molecule has 1 saturated heterocycles. The molecule has 1 atom stereocenters. The van der Waals surface area contributed by atoms with E-state index in [4.69, 9.17) is 9.57 Å². The number of amides is 3. The number of para-hydroxylation sites is 1. The second kappa shape index (κ2) is 9.22. The number of benzene rings is 1. The van der Waals surface area contributed by atoms with E-state index in [0.29, 0.717) is 11.5 Å². The Morgan fingerprint density at radius 3 is 2.66 bits per heavy atom. The first-order chi connectivity index (χ1) is 14.0. The molecule has 154 valence electrons. The third-order valence-corrected chi connectivity index (χ3v) is 4.59. The maximum atomic E-state index is 12.7. The first-order valence-electron chi connectivity index (χ1n) is 9.55. The Labute approximate surface area is 167 Å². The van der Waals surface area contributed by atoms with Gasteiger partial charge >= 0.3 is 12.1 Å². The van der Waals surface area contributed by atoms with Crippen molar-refractivity contribution in [3.63, 3.8) is 0 Å². The first-order valence-corrected chi connectivity index (χ1v) is 9.55. The van der Waals surface area contributed by atoms with Crippen LogP contribution >= 0.6 is 0 Å². The fourth-order valence-corrected chi connectivity index (χ4v) is 3.02. The second-order valence-electron chi connectivity index (χ2n) is 6.74. The summed E-state index contributed by atoms with van der Waals surface area (Å²) in [4.78, 5) is 56.3. The van der Waals surface area contributed by atoms with Crippen molar-refractivity contribution in [1.82, 2.24) is 15.4 Å². The Morgan fingerprint density at radius 1 is 1.21 bits per heavy atom. The number of nitrogens with zero attached hydrogens (tertiary/aromatic N) is 1. The zero-order chi connectivity index (χ0) is 20.8. The van der Waals surface area contributed by atoms with Gasteiger partial charge in [-0.1, -0.05) is 31.5 Å². The topological polar surface area (TPSA) is 118 Å². The van der Waals surface area contributed by atoms with Crippen LogP contribution < -0.4 is 5.32 Å². The number of fused-ring (bicyclic) bond motifs is 1. The fraction of sp³-hybridized carbons (Fsp3) is 0.400. The Bertz CT molecular complexity index is 906. The van der Waals surface area contributed by atoms with Crippen molar-refractivity contribution >= 4 is 34.8 Å². The van der Waals surface area contributed by atoms with Crippen LogP contribution in [0.5, 0.6) is 0 Å². The van der Waals surface area contributed by atoms with Crippen molar-refractivity contribution < 1.29 is 28.8 Å². The maximum Gasteiger partial charge on any atom is 0.407 e. The summed E-state index contributed by atoms with van der Waals surface area (Å²) in [5.74, 6) is -2.08. The number of H-pyrrole nitrogens is 1. The number of unbranched alkanes of at least 4 members (excludes halogenated alkanes) is 1. The van der Waals surface area contributed by atoms with Crippen LogP contribution in [0.4, 0.5) is 4.79 Å². The molecule has 2 aromatic rings. The Balaban J connectivity index is 1.75. The van der Waals surface area contributed by atoms with E-state index in [9.17, 15) is 19.2 Å². The minimum Gasteiger partial charge on any atom is -0.450 e. The highest BCUT2D eigenvalue weighted by Gasteiger charge is 2.35. The van der Waals surface area contributed by atoms with Crippen molar-refractivity contribution in [3.05, 3.63) is 36.0 Å². The largest absolute Gasteiger partial charge is 0.450 e. The van der Waals surface area contributed by atoms with E-state index in [-0.39, 0.29) is 25.9 Å². The molecule has 0 saturated carbocycles. The number of aromatic amines is 1. The number of aromatic nitrogens is 1. The van der Waals surface area contributed by atoms with Crippen LogP contribution in [0.3, 0.4) is 0 Å². The predicted molar refractivity (Wildman–Crippen MR) is 102 cm³/mol. The average molecular weight is 401 g/mol. The zero-order valence-corrected chi connectivity index (χ0v) is 16.1. The van der Waals surface area contributed by atoms with Gasteiger partial charge in [0.2, 0.25) is 0 Å². The summed E-state index contributed by atoms with van der Waals surface area (Å²) >= 11 is 0. The van der Waals surface area contributed by atoms with Gasteiger partial charge in [-0.25, -0.2) is 9.59 Å². The lowest BCUT2D eigenvalue weighted by molar-refractivity contribution is -0.198. The Kier molecular flexibility index (Phi) is 6.48. The lowest BCUT2D eigenvalue weighted by atomic mass is 10.1. The number of hydrogen-bond acceptors (Lipinski definition) is 6. The monoisotopic (exact) mass is 401 g/mol. The smallest absolute Gasteiger partial charge is 0.407 e. The van der Waals surface area contributed by atoms with Crippen LogP contribution in [0.1, 0.15) is 38.2 Å². The summed E-state index contributed by atoms with van der Waals surface area (Å²) in [7, 11) is 0. The molecule has 0 spiro atoms. The van der Waals surface area contributed by atoms with Crippen LogP contribution in [-0.4, -0.2) is 46.6 Å². The van der Waals surface area contributed by atoms with E-state index in [2.05, 4.69) is 10.3 Å². The average Bonchev–Trinajstić information content (AvgIpc) is 3.26. The van der Waals surface area contributed by atoms with Crippen LogP contribution in [0.15, 0.2) is 30.5 Å². The van der Waals surface area contributed by atoms with Crippen LogP contribution in [0, 0.1) is 0 Å². The van der Waals surface area contributed by atoms with Crippen molar-refractivity contribution in [2.24, 2.45) is 0 Å². The third kappa shape index (κ3) is 4.92. The third-order valence-electron chi connectivity index (χ3n) is 4.59. The Hall–Kier alpha value is -3.36. The number of carbonyl (C=O) groups is 4. The number of ether oxygens (including phenoxy) is 1. The highest BCUT2D eigenvalue weighted by atomic mass is 16.7. The van der Waals surface area contributed by atoms with Gasteiger partial charge in [0, 0.05) is 36.4 Å². The van der Waals surface area contributed by atoms with E-state index in [0.717, 1.165) is 22.9 Å². The standard InChI is InChI=1S/C20H23N3O6/c1-2-3-10-28-20(27)22-16(19(26)29-23-17(24)8-9-18(23)25)11-13-12-21-15-7-5-4-6-14(13)15/h4-7,12,16,21H,2-3,8-11H2,1H3,(H,22,27)/t16-/m0/s1. The first kappa shape index (κ1) is 20.4. The molecule has 1 aliphatic heterocycles. The van der Waals surface area contributed by atoms with Gasteiger partial charge in [0.1, 0.15) is 6.04 Å². The van der Waals surface area contributed by atoms with Crippen LogP contribution in [0.2, 0.25) is 0 Å². The quantitative estimate of drug-likeness (QED) is 0.517. The van der Waals surface area contributed by atoms with E-state index in [1.807, 2.05) is 31.2 Å². The Morgan fingerprint density at radius 2 is 1.93 bits per heavy atom. The molecule has 9 heteroatoms. The van der Waals surface area contributed by atoms with Crippen molar-refractivity contribution in [2.45, 2.75) is 45.1 Å². The highest BCUT2D eigenvalue weighted by molar-refractivity contribution is 6.02. The van der Waals surface area contributed by atoms with Crippen molar-refractivity contribution in [1.29, 1.82) is 0 Å². The minimum atomic E-state index is -1.13. The predicted octanol–water partition coefficient (Wildman–Crippen LogP) is 2.21. The molecule has 0 aliphatic carbocycles. The lowest BCUT2D eigenvalue weighted by Gasteiger charge is -2.20. The van der Waals surface area contributed by atoms with E-state index in [1.165, 1.54) is 0 Å². The van der Waals surface area contributed by atoms with Crippen LogP contribution in [-0.2, 0) is 30.4 Å². The molecule has 0 bridgehead atoms. The molecule has 9 nitrogen and oxygen atoms in total. The molecule has 29 heavy (non-hydrogen) atoms. The van der Waals surface area contributed by atoms with Gasteiger partial charge in [0.25, 0.3) is 11.8 Å². The number of rotatable bonds is 8. The number of nitrogens with one attached hydrogen (secondary N) is 2. The summed E-state index contributed by atoms with van der Waals surface area (Å²) in [5, 5.41) is 3.84. The molecule has 3 rings (SSSR count). The maximum absolute atomic E-state index is 12.7. The summed E-state index contributed by atoms with van der Waals surface area (Å²) in [6, 6.07) is 6.38. The summed E-state index contributed by atoms with van der Waals surface area (Å²) in [6.07, 6.45) is 2.61. The van der Waals surface area contributed by atoms with E-state index >= 15 is 0 Å². The van der Waals surface area contributed by atoms with Crippen molar-refractivity contribution in [3.8, 4) is 0 Å². The molecule has 1 aromatic carbocycles. The lowest BCUT2D eigenvalue weighted by Crippen LogP contribution is -2.46. The van der Waals surface area contributed by atoms with Gasteiger partial charge in [-0.3, -0.25) is 9.59 Å². The molecular weight excluding hydrogens is 378 g/mol. The molecule has 2 N–H and O–H groups in total. The number of hydroxylamine groups is 2. The molecule has 2 heterocycles. The highest BCUT2D eigenvalue weighted by Crippen LogP contribution is 2.20. The van der Waals surface area contributed by atoms with E-state index in [1.54, 1.807) is 6.20 Å². The number of imide groups is 1. The van der Waals surface area contributed by atoms with Gasteiger partial charge in [-0.05, 0) is 18.1 Å². The molecule has 3 amide bonds. The van der Waals surface area contributed by atoms with Crippen molar-refractivity contribution in [2.75, 3.05) is 6.61 Å². The molecular formula is C20H23N3O6. The zero-order valence-electron chi connectivity index (χ0n) is 16.1. The molecule has 1 aromatic heterocycles. The number of hydrogen-bond donors (Lipinski definition) is 2. The van der Waals surface area contributed by atoms with Gasteiger partial charge in [-0.2, -0.15) is 0 Å². The normalized spacial score (nSPS) is 14.9.